The molecule has 0 radical (unpaired) electrons. The number of likely N-dealkylation sites (tertiary alicyclic amines) is 1. The van der Waals surface area contributed by atoms with Crippen LogP contribution < -0.4 is 10.0 Å². The van der Waals surface area contributed by atoms with Crippen molar-refractivity contribution < 1.29 is 12.8 Å². The smallest absolute Gasteiger partial charge is 0.273 e. The summed E-state index contributed by atoms with van der Waals surface area (Å²) in [6.45, 7) is 2.71. The summed E-state index contributed by atoms with van der Waals surface area (Å²) >= 11 is 0. The van der Waals surface area contributed by atoms with Crippen LogP contribution in [0.25, 0.3) is 0 Å². The highest BCUT2D eigenvalue weighted by molar-refractivity contribution is 7.89. The summed E-state index contributed by atoms with van der Waals surface area (Å²) in [6, 6.07) is 3.62. The summed E-state index contributed by atoms with van der Waals surface area (Å²) in [5, 5.41) is 3.37. The molecule has 1 aromatic rings. The number of hydrogen-bond donors (Lipinski definition) is 2. The predicted molar refractivity (Wildman–Crippen MR) is 72.3 cm³/mol. The molecule has 0 saturated carbocycles. The molecule has 0 aromatic carbocycles. The van der Waals surface area contributed by atoms with Crippen molar-refractivity contribution in [1.82, 2.24) is 14.9 Å². The van der Waals surface area contributed by atoms with Crippen LogP contribution in [0, 0.1) is 0 Å². The zero-order chi connectivity index (χ0) is 13.9. The summed E-state index contributed by atoms with van der Waals surface area (Å²) in [5.74, 6) is 0.641. The standard InChI is InChI=1S/C12H21N3O3S/c1-13-19(16,17)12-6-5-11(18-12)8-14-10-4-3-7-15(2)9-10/h5-6,10,13-14H,3-4,7-9H2,1-2H3. The summed E-state index contributed by atoms with van der Waals surface area (Å²) in [7, 11) is -0.00384. The molecule has 1 aliphatic rings. The average Bonchev–Trinajstić information content (AvgIpc) is 2.86. The van der Waals surface area contributed by atoms with Gasteiger partial charge in [0.25, 0.3) is 10.0 Å². The third-order valence-corrected chi connectivity index (χ3v) is 4.65. The van der Waals surface area contributed by atoms with E-state index in [0.29, 0.717) is 18.3 Å². The van der Waals surface area contributed by atoms with Crippen LogP contribution in [-0.2, 0) is 16.6 Å². The Morgan fingerprint density at radius 2 is 2.26 bits per heavy atom. The highest BCUT2D eigenvalue weighted by Gasteiger charge is 2.19. The SMILES string of the molecule is CNS(=O)(=O)c1ccc(CNC2CCCN(C)C2)o1. The first-order chi connectivity index (χ1) is 9.01. The Morgan fingerprint density at radius 1 is 1.47 bits per heavy atom. The molecule has 1 unspecified atom stereocenters. The van der Waals surface area contributed by atoms with Gasteiger partial charge in [0.05, 0.1) is 6.54 Å². The molecule has 2 N–H and O–H groups in total. The summed E-state index contributed by atoms with van der Waals surface area (Å²) in [4.78, 5) is 2.29. The normalized spacial score (nSPS) is 21.7. The Bertz CT molecular complexity index is 512. The average molecular weight is 287 g/mol. The molecule has 1 aromatic heterocycles. The second kappa shape index (κ2) is 6.04. The Balaban J connectivity index is 1.90. The highest BCUT2D eigenvalue weighted by Crippen LogP contribution is 2.14. The molecule has 0 amide bonds. The largest absolute Gasteiger partial charge is 0.447 e. The maximum absolute atomic E-state index is 11.5. The fraction of sp³-hybridized carbons (Fsp3) is 0.667. The molecule has 0 bridgehead atoms. The third-order valence-electron chi connectivity index (χ3n) is 3.36. The lowest BCUT2D eigenvalue weighted by Crippen LogP contribution is -2.43. The lowest BCUT2D eigenvalue weighted by atomic mass is 10.1. The molecule has 19 heavy (non-hydrogen) atoms. The van der Waals surface area contributed by atoms with Gasteiger partial charge in [-0.15, -0.1) is 0 Å². The van der Waals surface area contributed by atoms with Gasteiger partial charge >= 0.3 is 0 Å². The van der Waals surface area contributed by atoms with Crippen LogP contribution in [0.1, 0.15) is 18.6 Å². The van der Waals surface area contributed by atoms with Gasteiger partial charge in [-0.25, -0.2) is 13.1 Å². The van der Waals surface area contributed by atoms with Crippen molar-refractivity contribution in [2.75, 3.05) is 27.2 Å². The second-order valence-corrected chi connectivity index (χ2v) is 6.73. The highest BCUT2D eigenvalue weighted by atomic mass is 32.2. The zero-order valence-corrected chi connectivity index (χ0v) is 12.2. The minimum atomic E-state index is -3.48. The molecule has 108 valence electrons. The van der Waals surface area contributed by atoms with Crippen molar-refractivity contribution in [3.05, 3.63) is 17.9 Å². The number of sulfonamides is 1. The quantitative estimate of drug-likeness (QED) is 0.818. The topological polar surface area (TPSA) is 74.6 Å². The number of nitrogens with zero attached hydrogens (tertiary/aromatic N) is 1. The first kappa shape index (κ1) is 14.5. The van der Waals surface area contributed by atoms with Crippen LogP contribution in [0.4, 0.5) is 0 Å². The van der Waals surface area contributed by atoms with E-state index in [2.05, 4.69) is 22.0 Å². The van der Waals surface area contributed by atoms with Crippen LogP contribution in [0.2, 0.25) is 0 Å². The van der Waals surface area contributed by atoms with Crippen molar-refractivity contribution in [3.8, 4) is 0 Å². The first-order valence-corrected chi connectivity index (χ1v) is 7.94. The number of furan rings is 1. The van der Waals surface area contributed by atoms with Gasteiger partial charge in [0.1, 0.15) is 5.76 Å². The second-order valence-electron chi connectivity index (χ2n) is 4.91. The molecule has 2 heterocycles. The minimum Gasteiger partial charge on any atom is -0.447 e. The molecule has 7 heteroatoms. The Labute approximate surface area is 114 Å². The molecule has 0 aliphatic carbocycles. The Kier molecular flexibility index (Phi) is 4.62. The van der Waals surface area contributed by atoms with E-state index in [1.165, 1.54) is 19.5 Å². The Morgan fingerprint density at radius 3 is 2.95 bits per heavy atom. The van der Waals surface area contributed by atoms with E-state index in [1.807, 2.05) is 0 Å². The van der Waals surface area contributed by atoms with E-state index in [9.17, 15) is 8.42 Å². The van der Waals surface area contributed by atoms with Crippen LogP contribution in [0.5, 0.6) is 0 Å². The van der Waals surface area contributed by atoms with Crippen molar-refractivity contribution in [3.63, 3.8) is 0 Å². The molecule has 2 rings (SSSR count). The van der Waals surface area contributed by atoms with Crippen molar-refractivity contribution in [2.24, 2.45) is 0 Å². The van der Waals surface area contributed by atoms with E-state index < -0.39 is 10.0 Å². The van der Waals surface area contributed by atoms with Crippen molar-refractivity contribution in [2.45, 2.75) is 30.5 Å². The molecular formula is C12H21N3O3S. The van der Waals surface area contributed by atoms with Gasteiger partial charge in [-0.3, -0.25) is 0 Å². The molecule has 1 atom stereocenters. The summed E-state index contributed by atoms with van der Waals surface area (Å²) < 4.78 is 30.6. The summed E-state index contributed by atoms with van der Waals surface area (Å²) in [6.07, 6.45) is 2.33. The number of rotatable bonds is 5. The number of piperidine rings is 1. The van der Waals surface area contributed by atoms with Gasteiger partial charge in [-0.05, 0) is 45.6 Å². The van der Waals surface area contributed by atoms with Crippen LogP contribution in [0.3, 0.4) is 0 Å². The molecule has 1 saturated heterocycles. The number of likely N-dealkylation sites (N-methyl/N-ethyl adjacent to an activating group) is 1. The van der Waals surface area contributed by atoms with Crippen LogP contribution in [-0.4, -0.2) is 46.5 Å². The number of hydrogen-bond acceptors (Lipinski definition) is 5. The molecular weight excluding hydrogens is 266 g/mol. The number of nitrogens with one attached hydrogen (secondary N) is 2. The van der Waals surface area contributed by atoms with E-state index in [1.54, 1.807) is 6.07 Å². The minimum absolute atomic E-state index is 0.0347. The fourth-order valence-corrected chi connectivity index (χ4v) is 2.94. The maximum Gasteiger partial charge on any atom is 0.273 e. The van der Waals surface area contributed by atoms with Crippen molar-refractivity contribution in [1.29, 1.82) is 0 Å². The maximum atomic E-state index is 11.5. The first-order valence-electron chi connectivity index (χ1n) is 6.45. The fourth-order valence-electron chi connectivity index (χ4n) is 2.28. The van der Waals surface area contributed by atoms with Gasteiger partial charge in [-0.1, -0.05) is 0 Å². The van der Waals surface area contributed by atoms with Gasteiger partial charge in [0.2, 0.25) is 5.09 Å². The van der Waals surface area contributed by atoms with Gasteiger partial charge in [0, 0.05) is 12.6 Å². The monoisotopic (exact) mass is 287 g/mol. The lowest BCUT2D eigenvalue weighted by Gasteiger charge is -2.30. The molecule has 1 aliphatic heterocycles. The van der Waals surface area contributed by atoms with Crippen LogP contribution in [0.15, 0.2) is 21.6 Å². The van der Waals surface area contributed by atoms with Gasteiger partial charge in [0.15, 0.2) is 0 Å². The van der Waals surface area contributed by atoms with Crippen LogP contribution >= 0.6 is 0 Å². The van der Waals surface area contributed by atoms with E-state index >= 15 is 0 Å². The van der Waals surface area contributed by atoms with E-state index in [0.717, 1.165) is 19.5 Å². The molecule has 6 nitrogen and oxygen atoms in total. The summed E-state index contributed by atoms with van der Waals surface area (Å²) in [5.41, 5.74) is 0. The zero-order valence-electron chi connectivity index (χ0n) is 11.3. The van der Waals surface area contributed by atoms with Gasteiger partial charge < -0.3 is 14.6 Å². The van der Waals surface area contributed by atoms with E-state index in [-0.39, 0.29) is 5.09 Å². The Hall–Kier alpha value is -0.890. The van der Waals surface area contributed by atoms with Gasteiger partial charge in [-0.2, -0.15) is 0 Å². The third kappa shape index (κ3) is 3.79. The molecule has 1 fully saturated rings. The molecule has 0 spiro atoms. The lowest BCUT2D eigenvalue weighted by molar-refractivity contribution is 0.223. The van der Waals surface area contributed by atoms with E-state index in [4.69, 9.17) is 4.42 Å². The predicted octanol–water partition coefficient (Wildman–Crippen LogP) is 0.372. The van der Waals surface area contributed by atoms with Crippen molar-refractivity contribution >= 4 is 10.0 Å².